The summed E-state index contributed by atoms with van der Waals surface area (Å²) in [7, 11) is -3.62. The SMILES string of the molecule is CC1(C)C(=O)N(C2(C(N)=S)CCCC2)S1(=O)=O. The van der Waals surface area contributed by atoms with Crippen molar-refractivity contribution in [1.29, 1.82) is 0 Å². The summed E-state index contributed by atoms with van der Waals surface area (Å²) in [6.07, 6.45) is 2.78. The third-order valence-electron chi connectivity index (χ3n) is 3.86. The van der Waals surface area contributed by atoms with Crippen molar-refractivity contribution in [3.8, 4) is 0 Å². The zero-order chi connectivity index (χ0) is 13.1. The molecular weight excluding hydrogens is 260 g/mol. The lowest BCUT2D eigenvalue weighted by Crippen LogP contribution is -2.75. The number of nitrogens with zero attached hydrogens (tertiary/aromatic N) is 1. The van der Waals surface area contributed by atoms with Gasteiger partial charge < -0.3 is 5.73 Å². The maximum Gasteiger partial charge on any atom is 0.259 e. The van der Waals surface area contributed by atoms with Gasteiger partial charge in [-0.2, -0.15) is 0 Å². The largest absolute Gasteiger partial charge is 0.391 e. The number of thiocarbonyl (C=S) groups is 1. The van der Waals surface area contributed by atoms with Gasteiger partial charge in [-0.05, 0) is 26.7 Å². The number of hydrogen-bond acceptors (Lipinski definition) is 4. The molecule has 1 aliphatic carbocycles. The predicted octanol–water partition coefficient (Wildman–Crippen LogP) is 0.536. The normalized spacial score (nSPS) is 28.8. The van der Waals surface area contributed by atoms with Gasteiger partial charge in [0.2, 0.25) is 0 Å². The molecule has 0 aromatic rings. The number of carbonyl (C=O) groups excluding carboxylic acids is 1. The van der Waals surface area contributed by atoms with Crippen LogP contribution in [-0.2, 0) is 14.8 Å². The first-order valence-corrected chi connectivity index (χ1v) is 7.42. The highest BCUT2D eigenvalue weighted by atomic mass is 32.2. The summed E-state index contributed by atoms with van der Waals surface area (Å²) in [6.45, 7) is 2.84. The van der Waals surface area contributed by atoms with Gasteiger partial charge in [0, 0.05) is 0 Å². The summed E-state index contributed by atoms with van der Waals surface area (Å²) in [5.74, 6) is -0.396. The summed E-state index contributed by atoms with van der Waals surface area (Å²) in [5, 5.41) is 0. The Balaban J connectivity index is 2.49. The summed E-state index contributed by atoms with van der Waals surface area (Å²) < 4.78 is 23.9. The zero-order valence-corrected chi connectivity index (χ0v) is 11.5. The lowest BCUT2D eigenvalue weighted by molar-refractivity contribution is -0.135. The van der Waals surface area contributed by atoms with Crippen LogP contribution >= 0.6 is 12.2 Å². The molecule has 0 aromatic carbocycles. The number of sulfonamides is 1. The Morgan fingerprint density at radius 1 is 1.35 bits per heavy atom. The first-order chi connectivity index (χ1) is 7.68. The fourth-order valence-electron chi connectivity index (χ4n) is 2.59. The van der Waals surface area contributed by atoms with E-state index >= 15 is 0 Å². The summed E-state index contributed by atoms with van der Waals surface area (Å²) in [4.78, 5) is 12.1. The highest BCUT2D eigenvalue weighted by molar-refractivity contribution is 7.94. The van der Waals surface area contributed by atoms with Crippen molar-refractivity contribution in [2.45, 2.75) is 49.8 Å². The van der Waals surface area contributed by atoms with Gasteiger partial charge in [-0.15, -0.1) is 0 Å². The van der Waals surface area contributed by atoms with E-state index in [1.165, 1.54) is 13.8 Å². The molecule has 0 aromatic heterocycles. The lowest BCUT2D eigenvalue weighted by atomic mass is 9.96. The predicted molar refractivity (Wildman–Crippen MR) is 67.8 cm³/mol. The van der Waals surface area contributed by atoms with E-state index in [-0.39, 0.29) is 4.99 Å². The molecule has 2 fully saturated rings. The Morgan fingerprint density at radius 3 is 2.18 bits per heavy atom. The van der Waals surface area contributed by atoms with Crippen molar-refractivity contribution >= 4 is 33.1 Å². The molecule has 0 spiro atoms. The fraction of sp³-hybridized carbons (Fsp3) is 0.800. The van der Waals surface area contributed by atoms with E-state index in [0.29, 0.717) is 12.8 Å². The average Bonchev–Trinajstić information content (AvgIpc) is 2.67. The van der Waals surface area contributed by atoms with E-state index in [2.05, 4.69) is 0 Å². The topological polar surface area (TPSA) is 80.5 Å². The molecule has 2 rings (SSSR count). The minimum atomic E-state index is -3.62. The molecule has 0 atom stereocenters. The molecule has 0 radical (unpaired) electrons. The van der Waals surface area contributed by atoms with Crippen LogP contribution in [-0.4, -0.2) is 33.9 Å². The van der Waals surface area contributed by atoms with Gasteiger partial charge in [0.1, 0.15) is 10.5 Å². The minimum absolute atomic E-state index is 0.113. The van der Waals surface area contributed by atoms with Crippen molar-refractivity contribution in [3.63, 3.8) is 0 Å². The second-order valence-corrected chi connectivity index (χ2v) is 7.96. The molecule has 7 heteroatoms. The number of amides is 1. The van der Waals surface area contributed by atoms with Gasteiger partial charge in [0.05, 0.1) is 0 Å². The molecule has 0 bridgehead atoms. The van der Waals surface area contributed by atoms with E-state index < -0.39 is 26.2 Å². The second kappa shape index (κ2) is 3.41. The molecule has 1 amide bonds. The van der Waals surface area contributed by atoms with Crippen molar-refractivity contribution in [1.82, 2.24) is 4.31 Å². The Bertz CT molecular complexity index is 490. The van der Waals surface area contributed by atoms with Crippen molar-refractivity contribution in [2.24, 2.45) is 5.73 Å². The standard InChI is InChI=1S/C10H16N2O3S2/c1-9(2)8(13)12(17(9,14)15)10(7(11)16)5-3-4-6-10/h3-6H2,1-2H3,(H2,11,16). The number of rotatable bonds is 2. The zero-order valence-electron chi connectivity index (χ0n) is 9.89. The van der Waals surface area contributed by atoms with Crippen LogP contribution < -0.4 is 5.73 Å². The molecule has 1 saturated carbocycles. The maximum absolute atomic E-state index is 12.2. The average molecular weight is 276 g/mol. The van der Waals surface area contributed by atoms with Crippen LogP contribution in [0.2, 0.25) is 0 Å². The molecular formula is C10H16N2O3S2. The Morgan fingerprint density at radius 2 is 1.82 bits per heavy atom. The van der Waals surface area contributed by atoms with E-state index in [1.54, 1.807) is 0 Å². The van der Waals surface area contributed by atoms with Gasteiger partial charge in [0.15, 0.2) is 4.75 Å². The van der Waals surface area contributed by atoms with Gasteiger partial charge in [0.25, 0.3) is 15.9 Å². The smallest absolute Gasteiger partial charge is 0.259 e. The molecule has 0 unspecified atom stereocenters. The molecule has 2 N–H and O–H groups in total. The summed E-state index contributed by atoms with van der Waals surface area (Å²) in [6, 6.07) is 0. The molecule has 1 saturated heterocycles. The van der Waals surface area contributed by atoms with Crippen LogP contribution in [0.15, 0.2) is 0 Å². The van der Waals surface area contributed by atoms with Crippen LogP contribution in [0.1, 0.15) is 39.5 Å². The van der Waals surface area contributed by atoms with Gasteiger partial charge >= 0.3 is 0 Å². The molecule has 1 aliphatic heterocycles. The van der Waals surface area contributed by atoms with Crippen LogP contribution in [0, 0.1) is 0 Å². The summed E-state index contributed by atoms with van der Waals surface area (Å²) in [5.41, 5.74) is 4.74. The Labute approximate surface area is 106 Å². The Kier molecular flexibility index (Phi) is 2.56. The number of hydrogen-bond donors (Lipinski definition) is 1. The maximum atomic E-state index is 12.2. The highest BCUT2D eigenvalue weighted by Crippen LogP contribution is 2.47. The molecule has 2 aliphatic rings. The molecule has 5 nitrogen and oxygen atoms in total. The van der Waals surface area contributed by atoms with Crippen LogP contribution in [0.25, 0.3) is 0 Å². The van der Waals surface area contributed by atoms with E-state index in [1.807, 2.05) is 0 Å². The first kappa shape index (κ1) is 12.8. The quantitative estimate of drug-likeness (QED) is 0.744. The summed E-state index contributed by atoms with van der Waals surface area (Å²) >= 11 is 4.99. The van der Waals surface area contributed by atoms with Crippen molar-refractivity contribution in [3.05, 3.63) is 0 Å². The van der Waals surface area contributed by atoms with E-state index in [4.69, 9.17) is 18.0 Å². The molecule has 17 heavy (non-hydrogen) atoms. The molecule has 96 valence electrons. The van der Waals surface area contributed by atoms with Crippen LogP contribution in [0.5, 0.6) is 0 Å². The number of nitrogens with two attached hydrogens (primary N) is 1. The van der Waals surface area contributed by atoms with Gasteiger partial charge in [-0.3, -0.25) is 4.79 Å². The van der Waals surface area contributed by atoms with Crippen molar-refractivity contribution in [2.75, 3.05) is 0 Å². The fourth-order valence-corrected chi connectivity index (χ4v) is 4.76. The van der Waals surface area contributed by atoms with Gasteiger partial charge in [-0.25, -0.2) is 12.7 Å². The first-order valence-electron chi connectivity index (χ1n) is 5.57. The third-order valence-corrected chi connectivity index (χ3v) is 6.70. The third kappa shape index (κ3) is 1.32. The minimum Gasteiger partial charge on any atom is -0.391 e. The second-order valence-electron chi connectivity index (χ2n) is 5.19. The van der Waals surface area contributed by atoms with Crippen LogP contribution in [0.3, 0.4) is 0 Å². The van der Waals surface area contributed by atoms with E-state index in [0.717, 1.165) is 17.1 Å². The molecule has 1 heterocycles. The van der Waals surface area contributed by atoms with Crippen molar-refractivity contribution < 1.29 is 13.2 Å². The number of carbonyl (C=O) groups is 1. The Hall–Kier alpha value is -0.690. The van der Waals surface area contributed by atoms with Crippen LogP contribution in [0.4, 0.5) is 0 Å². The van der Waals surface area contributed by atoms with E-state index in [9.17, 15) is 13.2 Å². The lowest BCUT2D eigenvalue weighted by Gasteiger charge is -2.51. The van der Waals surface area contributed by atoms with Gasteiger partial charge in [-0.1, -0.05) is 25.1 Å². The highest BCUT2D eigenvalue weighted by Gasteiger charge is 2.67. The monoisotopic (exact) mass is 276 g/mol.